The van der Waals surface area contributed by atoms with Crippen LogP contribution in [-0.4, -0.2) is 5.97 Å². The molecule has 0 saturated heterocycles. The van der Waals surface area contributed by atoms with E-state index in [2.05, 4.69) is 6.58 Å². The maximum atomic E-state index is 11.3. The summed E-state index contributed by atoms with van der Waals surface area (Å²) in [5.74, 6) is 0.233. The molecule has 0 spiro atoms. The SMILES string of the molecule is C=C(C)C(=O)OC1=CC=C2C=CC=C21. The van der Waals surface area contributed by atoms with Gasteiger partial charge in [-0.3, -0.25) is 0 Å². The third-order valence-corrected chi connectivity index (χ3v) is 2.08. The molecular weight excluding hydrogens is 176 g/mol. The zero-order valence-corrected chi connectivity index (χ0v) is 7.91. The van der Waals surface area contributed by atoms with Crippen molar-refractivity contribution in [1.29, 1.82) is 0 Å². The molecule has 0 heterocycles. The summed E-state index contributed by atoms with van der Waals surface area (Å²) in [5.41, 5.74) is 2.47. The summed E-state index contributed by atoms with van der Waals surface area (Å²) in [4.78, 5) is 11.3. The topological polar surface area (TPSA) is 26.3 Å². The van der Waals surface area contributed by atoms with Crippen LogP contribution in [0.4, 0.5) is 0 Å². The number of carbonyl (C=O) groups excluding carboxylic acids is 1. The van der Waals surface area contributed by atoms with Crippen LogP contribution in [0, 0.1) is 0 Å². The highest BCUT2D eigenvalue weighted by atomic mass is 16.5. The first kappa shape index (κ1) is 8.75. The minimum Gasteiger partial charge on any atom is -0.423 e. The molecular formula is C12H10O2. The van der Waals surface area contributed by atoms with E-state index in [4.69, 9.17) is 4.74 Å². The van der Waals surface area contributed by atoms with Crippen LogP contribution in [0.25, 0.3) is 0 Å². The monoisotopic (exact) mass is 186 g/mol. The molecule has 0 aromatic carbocycles. The van der Waals surface area contributed by atoms with Crippen molar-refractivity contribution in [2.75, 3.05) is 0 Å². The first-order valence-corrected chi connectivity index (χ1v) is 4.37. The van der Waals surface area contributed by atoms with E-state index in [-0.39, 0.29) is 5.97 Å². The minimum absolute atomic E-state index is 0.376. The van der Waals surface area contributed by atoms with Crippen LogP contribution in [0.15, 0.2) is 59.4 Å². The number of hydrogen-bond acceptors (Lipinski definition) is 2. The maximum absolute atomic E-state index is 11.3. The van der Waals surface area contributed by atoms with Crippen molar-refractivity contribution in [3.05, 3.63) is 59.4 Å². The highest BCUT2D eigenvalue weighted by molar-refractivity contribution is 5.88. The van der Waals surface area contributed by atoms with Gasteiger partial charge in [-0.1, -0.05) is 30.9 Å². The van der Waals surface area contributed by atoms with Crippen LogP contribution in [-0.2, 0) is 9.53 Å². The first-order valence-electron chi connectivity index (χ1n) is 4.37. The average Bonchev–Trinajstić information content (AvgIpc) is 2.69. The third-order valence-electron chi connectivity index (χ3n) is 2.08. The predicted octanol–water partition coefficient (Wildman–Crippen LogP) is 2.43. The molecule has 2 aliphatic rings. The zero-order chi connectivity index (χ0) is 10.1. The van der Waals surface area contributed by atoms with Gasteiger partial charge in [-0.25, -0.2) is 4.79 Å². The number of fused-ring (bicyclic) bond motifs is 1. The van der Waals surface area contributed by atoms with E-state index >= 15 is 0 Å². The lowest BCUT2D eigenvalue weighted by atomic mass is 10.2. The van der Waals surface area contributed by atoms with Gasteiger partial charge in [-0.2, -0.15) is 0 Å². The third kappa shape index (κ3) is 1.35. The molecule has 2 nitrogen and oxygen atoms in total. The van der Waals surface area contributed by atoms with Crippen molar-refractivity contribution in [1.82, 2.24) is 0 Å². The van der Waals surface area contributed by atoms with Crippen LogP contribution < -0.4 is 0 Å². The van der Waals surface area contributed by atoms with Gasteiger partial charge in [0.2, 0.25) is 0 Å². The summed E-state index contributed by atoms with van der Waals surface area (Å²) >= 11 is 0. The molecule has 14 heavy (non-hydrogen) atoms. The molecule has 70 valence electrons. The van der Waals surface area contributed by atoms with Crippen molar-refractivity contribution in [3.8, 4) is 0 Å². The van der Waals surface area contributed by atoms with Gasteiger partial charge in [-0.05, 0) is 18.6 Å². The summed E-state index contributed by atoms with van der Waals surface area (Å²) in [6.45, 7) is 5.16. The van der Waals surface area contributed by atoms with E-state index in [9.17, 15) is 4.79 Å². The fourth-order valence-electron chi connectivity index (χ4n) is 1.33. The molecule has 0 atom stereocenters. The molecule has 2 heteroatoms. The Hall–Kier alpha value is -1.83. The fraction of sp³-hybridized carbons (Fsp3) is 0.0833. The zero-order valence-electron chi connectivity index (χ0n) is 7.91. The predicted molar refractivity (Wildman–Crippen MR) is 54.3 cm³/mol. The Morgan fingerprint density at radius 3 is 2.86 bits per heavy atom. The second-order valence-electron chi connectivity index (χ2n) is 3.26. The van der Waals surface area contributed by atoms with Gasteiger partial charge in [0.25, 0.3) is 0 Å². The molecule has 0 saturated carbocycles. The molecule has 0 aromatic heterocycles. The number of rotatable bonds is 2. The number of hydrogen-bond donors (Lipinski definition) is 0. The number of allylic oxidation sites excluding steroid dienone is 6. The van der Waals surface area contributed by atoms with Crippen molar-refractivity contribution >= 4 is 5.97 Å². The summed E-state index contributed by atoms with van der Waals surface area (Å²) in [7, 11) is 0. The molecule has 2 rings (SSSR count). The molecule has 0 aliphatic heterocycles. The molecule has 0 fully saturated rings. The molecule has 0 radical (unpaired) electrons. The lowest BCUT2D eigenvalue weighted by Gasteiger charge is -2.06. The highest BCUT2D eigenvalue weighted by Crippen LogP contribution is 2.31. The average molecular weight is 186 g/mol. The molecule has 0 N–H and O–H groups in total. The van der Waals surface area contributed by atoms with E-state index in [1.807, 2.05) is 24.3 Å². The summed E-state index contributed by atoms with van der Waals surface area (Å²) < 4.78 is 5.15. The van der Waals surface area contributed by atoms with Crippen LogP contribution in [0.2, 0.25) is 0 Å². The highest BCUT2D eigenvalue weighted by Gasteiger charge is 2.19. The first-order chi connectivity index (χ1) is 6.68. The Bertz CT molecular complexity index is 431. The summed E-state index contributed by atoms with van der Waals surface area (Å²) in [6, 6.07) is 0. The number of esters is 1. The van der Waals surface area contributed by atoms with Crippen molar-refractivity contribution in [3.63, 3.8) is 0 Å². The van der Waals surface area contributed by atoms with Gasteiger partial charge in [0, 0.05) is 11.1 Å². The lowest BCUT2D eigenvalue weighted by molar-refractivity contribution is -0.134. The molecule has 0 unspecified atom stereocenters. The van der Waals surface area contributed by atoms with Crippen LogP contribution in [0.3, 0.4) is 0 Å². The molecule has 0 amide bonds. The van der Waals surface area contributed by atoms with E-state index in [1.165, 1.54) is 0 Å². The summed E-state index contributed by atoms with van der Waals surface area (Å²) in [5, 5.41) is 0. The van der Waals surface area contributed by atoms with Gasteiger partial charge in [-0.15, -0.1) is 0 Å². The normalized spacial score (nSPS) is 17.1. The Morgan fingerprint density at radius 2 is 2.14 bits per heavy atom. The fourth-order valence-corrected chi connectivity index (χ4v) is 1.33. The standard InChI is InChI=1S/C12H10O2/c1-8(2)12(13)14-11-7-6-9-4-3-5-10(9)11/h3-7H,1H2,2H3. The van der Waals surface area contributed by atoms with Crippen molar-refractivity contribution in [2.24, 2.45) is 0 Å². The smallest absolute Gasteiger partial charge is 0.338 e. The van der Waals surface area contributed by atoms with Crippen LogP contribution in [0.5, 0.6) is 0 Å². The van der Waals surface area contributed by atoms with Crippen LogP contribution in [0.1, 0.15) is 6.92 Å². The maximum Gasteiger partial charge on any atom is 0.338 e. The van der Waals surface area contributed by atoms with E-state index in [0.717, 1.165) is 11.1 Å². The lowest BCUT2D eigenvalue weighted by Crippen LogP contribution is -2.05. The van der Waals surface area contributed by atoms with Gasteiger partial charge in [0.05, 0.1) is 0 Å². The van der Waals surface area contributed by atoms with E-state index in [0.29, 0.717) is 11.3 Å². The van der Waals surface area contributed by atoms with Crippen molar-refractivity contribution in [2.45, 2.75) is 6.92 Å². The second kappa shape index (κ2) is 3.14. The second-order valence-corrected chi connectivity index (χ2v) is 3.26. The largest absolute Gasteiger partial charge is 0.423 e. The Morgan fingerprint density at radius 1 is 1.36 bits per heavy atom. The summed E-state index contributed by atoms with van der Waals surface area (Å²) in [6.07, 6.45) is 9.56. The minimum atomic E-state index is -0.376. The molecule has 0 aromatic rings. The van der Waals surface area contributed by atoms with Gasteiger partial charge >= 0.3 is 5.97 Å². The molecule has 2 aliphatic carbocycles. The van der Waals surface area contributed by atoms with Crippen LogP contribution >= 0.6 is 0 Å². The quantitative estimate of drug-likeness (QED) is 0.489. The Kier molecular flexibility index (Phi) is 1.97. The molecule has 0 bridgehead atoms. The number of ether oxygens (including phenoxy) is 1. The van der Waals surface area contributed by atoms with E-state index < -0.39 is 0 Å². The van der Waals surface area contributed by atoms with Gasteiger partial charge in [0.15, 0.2) is 0 Å². The van der Waals surface area contributed by atoms with E-state index in [1.54, 1.807) is 13.0 Å². The van der Waals surface area contributed by atoms with Crippen molar-refractivity contribution < 1.29 is 9.53 Å². The van der Waals surface area contributed by atoms with Gasteiger partial charge < -0.3 is 4.74 Å². The number of carbonyl (C=O) groups is 1. The van der Waals surface area contributed by atoms with Gasteiger partial charge in [0.1, 0.15) is 5.76 Å². The Balaban J connectivity index is 2.11. The Labute approximate surface area is 82.6 Å².